The van der Waals surface area contributed by atoms with Crippen molar-refractivity contribution in [1.29, 1.82) is 0 Å². The Bertz CT molecular complexity index is 182. The fourth-order valence-electron chi connectivity index (χ4n) is 1.76. The first-order chi connectivity index (χ1) is 6.65. The summed E-state index contributed by atoms with van der Waals surface area (Å²) in [4.78, 5) is 19.8. The van der Waals surface area contributed by atoms with Gasteiger partial charge in [-0.05, 0) is 25.7 Å². The number of hydrogen-bond acceptors (Lipinski definition) is 3. The van der Waals surface area contributed by atoms with Gasteiger partial charge in [-0.15, -0.1) is 0 Å². The van der Waals surface area contributed by atoms with Crippen LogP contribution >= 0.6 is 0 Å². The Kier molecular flexibility index (Phi) is 7.02. The monoisotopic (exact) mass is 201 g/mol. The molecule has 1 fully saturated rings. The van der Waals surface area contributed by atoms with Gasteiger partial charge in [-0.1, -0.05) is 19.8 Å². The van der Waals surface area contributed by atoms with Crippen molar-refractivity contribution in [2.24, 2.45) is 11.8 Å². The summed E-state index contributed by atoms with van der Waals surface area (Å²) in [6, 6.07) is 0. The lowest BCUT2D eigenvalue weighted by Gasteiger charge is -2.24. The predicted molar refractivity (Wildman–Crippen MR) is 52.8 cm³/mol. The van der Waals surface area contributed by atoms with E-state index in [1.54, 1.807) is 5.48 Å². The van der Waals surface area contributed by atoms with Crippen molar-refractivity contribution in [3.8, 4) is 0 Å². The number of carbonyl (C=O) groups is 2. The smallest absolute Gasteiger partial charge is 0.246 e. The number of aldehydes is 1. The zero-order valence-electron chi connectivity index (χ0n) is 8.82. The highest BCUT2D eigenvalue weighted by Gasteiger charge is 2.24. The van der Waals surface area contributed by atoms with Gasteiger partial charge >= 0.3 is 0 Å². The molecule has 4 nitrogen and oxygen atoms in total. The van der Waals surface area contributed by atoms with Crippen LogP contribution in [0.25, 0.3) is 0 Å². The number of carbonyl (C=O) groups excluding carboxylic acids is 2. The third-order valence-electron chi connectivity index (χ3n) is 2.42. The molecule has 82 valence electrons. The van der Waals surface area contributed by atoms with Crippen molar-refractivity contribution in [3.63, 3.8) is 0 Å². The van der Waals surface area contributed by atoms with Crippen LogP contribution in [0.3, 0.4) is 0 Å². The van der Waals surface area contributed by atoms with Crippen LogP contribution in [-0.4, -0.2) is 17.4 Å². The van der Waals surface area contributed by atoms with Crippen LogP contribution < -0.4 is 5.48 Å². The number of amides is 1. The second-order valence-corrected chi connectivity index (χ2v) is 3.68. The maximum Gasteiger partial charge on any atom is 0.246 e. The Balaban J connectivity index is 0.000000500. The molecule has 0 aromatic heterocycles. The SMILES string of the molecule is CC1CCCC(C(=O)NO)C1.CC=O. The maximum absolute atomic E-state index is 11.0. The van der Waals surface area contributed by atoms with Gasteiger partial charge in [0, 0.05) is 5.92 Å². The zero-order valence-corrected chi connectivity index (χ0v) is 8.82. The number of nitrogens with one attached hydrogen (secondary N) is 1. The van der Waals surface area contributed by atoms with E-state index in [1.807, 2.05) is 0 Å². The molecule has 14 heavy (non-hydrogen) atoms. The predicted octanol–water partition coefficient (Wildman–Crippen LogP) is 1.52. The molecule has 0 heterocycles. The quantitative estimate of drug-likeness (QED) is 0.384. The van der Waals surface area contributed by atoms with Crippen molar-refractivity contribution in [2.75, 3.05) is 0 Å². The van der Waals surface area contributed by atoms with E-state index in [0.29, 0.717) is 5.92 Å². The average Bonchev–Trinajstić information content (AvgIpc) is 2.18. The van der Waals surface area contributed by atoms with E-state index in [1.165, 1.54) is 13.3 Å². The molecule has 1 aliphatic carbocycles. The molecule has 0 spiro atoms. The number of hydroxylamine groups is 1. The highest BCUT2D eigenvalue weighted by Crippen LogP contribution is 2.28. The Morgan fingerprint density at radius 1 is 1.50 bits per heavy atom. The van der Waals surface area contributed by atoms with Gasteiger partial charge in [-0.25, -0.2) is 5.48 Å². The molecule has 1 rings (SSSR count). The molecule has 0 aromatic rings. The molecule has 1 aliphatic rings. The summed E-state index contributed by atoms with van der Waals surface area (Å²) in [5.74, 6) is 0.464. The molecule has 0 aromatic carbocycles. The van der Waals surface area contributed by atoms with Gasteiger partial charge in [0.25, 0.3) is 0 Å². The normalized spacial score (nSPS) is 25.6. The van der Waals surface area contributed by atoms with Crippen molar-refractivity contribution in [1.82, 2.24) is 5.48 Å². The minimum Gasteiger partial charge on any atom is -0.304 e. The summed E-state index contributed by atoms with van der Waals surface area (Å²) in [6.45, 7) is 3.59. The lowest BCUT2D eigenvalue weighted by Crippen LogP contribution is -2.31. The standard InChI is InChI=1S/C8H15NO2.C2H4O/c1-6-3-2-4-7(5-6)8(10)9-11;1-2-3/h6-7,11H,2-5H2,1H3,(H,9,10);2H,1H3. The van der Waals surface area contributed by atoms with Crippen molar-refractivity contribution < 1.29 is 14.8 Å². The van der Waals surface area contributed by atoms with Gasteiger partial charge in [0.05, 0.1) is 0 Å². The third-order valence-corrected chi connectivity index (χ3v) is 2.42. The number of rotatable bonds is 1. The molecule has 0 aliphatic heterocycles. The van der Waals surface area contributed by atoms with Gasteiger partial charge in [0.2, 0.25) is 5.91 Å². The highest BCUT2D eigenvalue weighted by molar-refractivity contribution is 5.77. The maximum atomic E-state index is 11.0. The molecular formula is C10H19NO3. The fourth-order valence-corrected chi connectivity index (χ4v) is 1.76. The molecule has 0 saturated heterocycles. The largest absolute Gasteiger partial charge is 0.304 e. The topological polar surface area (TPSA) is 66.4 Å². The second kappa shape index (κ2) is 7.50. The summed E-state index contributed by atoms with van der Waals surface area (Å²) >= 11 is 0. The van der Waals surface area contributed by atoms with E-state index in [4.69, 9.17) is 10.0 Å². The van der Waals surface area contributed by atoms with Crippen LogP contribution in [0.15, 0.2) is 0 Å². The summed E-state index contributed by atoms with van der Waals surface area (Å²) in [5.41, 5.74) is 1.72. The van der Waals surface area contributed by atoms with E-state index < -0.39 is 0 Å². The summed E-state index contributed by atoms with van der Waals surface area (Å²) in [7, 11) is 0. The molecule has 1 saturated carbocycles. The Labute approximate surface area is 84.6 Å². The van der Waals surface area contributed by atoms with E-state index in [0.717, 1.165) is 25.5 Å². The van der Waals surface area contributed by atoms with E-state index in [-0.39, 0.29) is 11.8 Å². The van der Waals surface area contributed by atoms with E-state index in [9.17, 15) is 4.79 Å². The molecule has 0 radical (unpaired) electrons. The molecule has 1 amide bonds. The first-order valence-electron chi connectivity index (χ1n) is 4.99. The summed E-state index contributed by atoms with van der Waals surface area (Å²) in [5, 5.41) is 8.37. The Hall–Kier alpha value is -0.900. The number of hydrogen-bond donors (Lipinski definition) is 2. The fraction of sp³-hybridized carbons (Fsp3) is 0.800. The minimum atomic E-state index is -0.212. The Morgan fingerprint density at radius 2 is 2.07 bits per heavy atom. The van der Waals surface area contributed by atoms with Crippen LogP contribution in [0.2, 0.25) is 0 Å². The zero-order chi connectivity index (χ0) is 11.0. The second-order valence-electron chi connectivity index (χ2n) is 3.68. The van der Waals surface area contributed by atoms with Crippen molar-refractivity contribution >= 4 is 12.2 Å². The van der Waals surface area contributed by atoms with Crippen molar-refractivity contribution in [3.05, 3.63) is 0 Å². The third kappa shape index (κ3) is 4.97. The van der Waals surface area contributed by atoms with Gasteiger partial charge in [0.15, 0.2) is 0 Å². The molecule has 4 heteroatoms. The lowest BCUT2D eigenvalue weighted by molar-refractivity contribution is -0.134. The first kappa shape index (κ1) is 13.1. The van der Waals surface area contributed by atoms with E-state index in [2.05, 4.69) is 6.92 Å². The summed E-state index contributed by atoms with van der Waals surface area (Å²) < 4.78 is 0. The minimum absolute atomic E-state index is 0.0451. The molecular weight excluding hydrogens is 182 g/mol. The van der Waals surface area contributed by atoms with Gasteiger partial charge in [-0.3, -0.25) is 10.0 Å². The average molecular weight is 201 g/mol. The van der Waals surface area contributed by atoms with Crippen molar-refractivity contribution in [2.45, 2.75) is 39.5 Å². The van der Waals surface area contributed by atoms with E-state index >= 15 is 0 Å². The van der Waals surface area contributed by atoms with Crippen LogP contribution in [0, 0.1) is 11.8 Å². The van der Waals surface area contributed by atoms with Gasteiger partial charge < -0.3 is 4.79 Å². The summed E-state index contributed by atoms with van der Waals surface area (Å²) in [6.07, 6.45) is 4.93. The Morgan fingerprint density at radius 3 is 2.50 bits per heavy atom. The molecule has 2 unspecified atom stereocenters. The first-order valence-corrected chi connectivity index (χ1v) is 4.99. The van der Waals surface area contributed by atoms with Crippen LogP contribution in [0.5, 0.6) is 0 Å². The molecule has 2 N–H and O–H groups in total. The van der Waals surface area contributed by atoms with Gasteiger partial charge in [-0.2, -0.15) is 0 Å². The van der Waals surface area contributed by atoms with Crippen LogP contribution in [0.4, 0.5) is 0 Å². The molecule has 0 bridgehead atoms. The molecule has 2 atom stereocenters. The van der Waals surface area contributed by atoms with Crippen LogP contribution in [-0.2, 0) is 9.59 Å². The van der Waals surface area contributed by atoms with Gasteiger partial charge in [0.1, 0.15) is 6.29 Å². The van der Waals surface area contributed by atoms with Crippen LogP contribution in [0.1, 0.15) is 39.5 Å². The highest BCUT2D eigenvalue weighted by atomic mass is 16.5. The lowest BCUT2D eigenvalue weighted by atomic mass is 9.82.